The number of amides is 1. The molecule has 3 aliphatic rings. The second kappa shape index (κ2) is 4.84. The summed E-state index contributed by atoms with van der Waals surface area (Å²) in [5, 5.41) is 0. The molecule has 1 aliphatic heterocycles. The van der Waals surface area contributed by atoms with Crippen LogP contribution >= 0.6 is 0 Å². The van der Waals surface area contributed by atoms with Crippen LogP contribution in [-0.2, 0) is 11.2 Å². The van der Waals surface area contributed by atoms with E-state index in [4.69, 9.17) is 5.73 Å². The number of piperidine rings is 1. The van der Waals surface area contributed by atoms with Gasteiger partial charge in [0.1, 0.15) is 0 Å². The van der Waals surface area contributed by atoms with Crippen molar-refractivity contribution in [2.45, 2.75) is 38.1 Å². The number of carbonyl (C=O) groups excluding carboxylic acids is 1. The molecule has 5 atom stereocenters. The largest absolute Gasteiger partial charge is 0.341 e. The van der Waals surface area contributed by atoms with Gasteiger partial charge in [0, 0.05) is 25.0 Å². The van der Waals surface area contributed by atoms with Gasteiger partial charge in [-0.3, -0.25) is 4.79 Å². The average molecular weight is 284 g/mol. The van der Waals surface area contributed by atoms with Gasteiger partial charge in [-0.15, -0.1) is 0 Å². The fraction of sp³-hybridized carbons (Fsp3) is 0.611. The van der Waals surface area contributed by atoms with E-state index in [-0.39, 0.29) is 12.0 Å². The molecular weight excluding hydrogens is 260 g/mol. The lowest BCUT2D eigenvalue weighted by Crippen LogP contribution is -2.49. The van der Waals surface area contributed by atoms with Crippen molar-refractivity contribution in [3.8, 4) is 0 Å². The topological polar surface area (TPSA) is 46.3 Å². The molecule has 4 rings (SSSR count). The van der Waals surface area contributed by atoms with Crippen molar-refractivity contribution in [1.29, 1.82) is 0 Å². The second-order valence-electron chi connectivity index (χ2n) is 7.30. The number of benzene rings is 1. The molecule has 2 N–H and O–H groups in total. The van der Waals surface area contributed by atoms with Gasteiger partial charge in [0.05, 0.1) is 0 Å². The van der Waals surface area contributed by atoms with Crippen LogP contribution in [-0.4, -0.2) is 29.9 Å². The van der Waals surface area contributed by atoms with Gasteiger partial charge < -0.3 is 10.6 Å². The Morgan fingerprint density at radius 3 is 2.90 bits per heavy atom. The molecule has 112 valence electrons. The molecule has 3 nitrogen and oxygen atoms in total. The van der Waals surface area contributed by atoms with Crippen LogP contribution in [0.1, 0.15) is 36.8 Å². The molecule has 0 aromatic heterocycles. The van der Waals surface area contributed by atoms with E-state index in [0.717, 1.165) is 25.9 Å². The molecule has 1 amide bonds. The zero-order valence-corrected chi connectivity index (χ0v) is 12.7. The molecule has 1 heterocycles. The molecular formula is C18H24N2O. The van der Waals surface area contributed by atoms with Gasteiger partial charge in [0.25, 0.3) is 0 Å². The second-order valence-corrected chi connectivity index (χ2v) is 7.30. The summed E-state index contributed by atoms with van der Waals surface area (Å²) < 4.78 is 0. The third kappa shape index (κ3) is 2.18. The number of nitrogens with two attached hydrogens (primary N) is 1. The summed E-state index contributed by atoms with van der Waals surface area (Å²) in [5.41, 5.74) is 8.99. The Labute approximate surface area is 126 Å². The van der Waals surface area contributed by atoms with Crippen molar-refractivity contribution in [3.05, 3.63) is 35.4 Å². The average Bonchev–Trinajstić information content (AvgIpc) is 3.20. The number of rotatable bonds is 1. The highest BCUT2D eigenvalue weighted by atomic mass is 16.2. The van der Waals surface area contributed by atoms with E-state index in [1.807, 2.05) is 4.90 Å². The summed E-state index contributed by atoms with van der Waals surface area (Å²) >= 11 is 0. The summed E-state index contributed by atoms with van der Waals surface area (Å²) in [5.74, 6) is 2.19. The number of hydrogen-bond donors (Lipinski definition) is 1. The highest BCUT2D eigenvalue weighted by Gasteiger charge is 2.58. The van der Waals surface area contributed by atoms with Crippen molar-refractivity contribution in [2.24, 2.45) is 23.5 Å². The van der Waals surface area contributed by atoms with Gasteiger partial charge in [0.2, 0.25) is 5.91 Å². The fourth-order valence-electron chi connectivity index (χ4n) is 4.69. The van der Waals surface area contributed by atoms with Gasteiger partial charge in [-0.25, -0.2) is 0 Å². The number of hydrogen-bond acceptors (Lipinski definition) is 2. The van der Waals surface area contributed by atoms with Crippen LogP contribution < -0.4 is 5.73 Å². The molecule has 2 aliphatic carbocycles. The molecule has 0 radical (unpaired) electrons. The molecule has 1 aromatic rings. The highest BCUT2D eigenvalue weighted by molar-refractivity contribution is 5.84. The van der Waals surface area contributed by atoms with Gasteiger partial charge in [-0.05, 0) is 48.1 Å². The SMILES string of the molecule is CC1CC(N)CN(C(=O)C2C3CCc4ccccc4C32)C1. The number of carbonyl (C=O) groups is 1. The maximum absolute atomic E-state index is 12.9. The first-order chi connectivity index (χ1) is 10.1. The minimum Gasteiger partial charge on any atom is -0.341 e. The zero-order chi connectivity index (χ0) is 14.6. The van der Waals surface area contributed by atoms with Crippen molar-refractivity contribution >= 4 is 5.91 Å². The molecule has 2 fully saturated rings. The van der Waals surface area contributed by atoms with E-state index < -0.39 is 0 Å². The lowest BCUT2D eigenvalue weighted by atomic mass is 9.92. The summed E-state index contributed by atoms with van der Waals surface area (Å²) in [6.45, 7) is 3.85. The Morgan fingerprint density at radius 1 is 1.29 bits per heavy atom. The Kier molecular flexibility index (Phi) is 3.07. The predicted molar refractivity (Wildman–Crippen MR) is 82.8 cm³/mol. The molecule has 3 heteroatoms. The number of fused-ring (bicyclic) bond motifs is 3. The molecule has 0 spiro atoms. The Bertz CT molecular complexity index is 560. The Balaban J connectivity index is 1.53. The smallest absolute Gasteiger partial charge is 0.226 e. The first-order valence-electron chi connectivity index (χ1n) is 8.27. The van der Waals surface area contributed by atoms with Crippen LogP contribution in [0.3, 0.4) is 0 Å². The lowest BCUT2D eigenvalue weighted by Gasteiger charge is -2.35. The van der Waals surface area contributed by atoms with E-state index in [1.165, 1.54) is 17.5 Å². The fourth-order valence-corrected chi connectivity index (χ4v) is 4.69. The van der Waals surface area contributed by atoms with Crippen molar-refractivity contribution < 1.29 is 4.79 Å². The Morgan fingerprint density at radius 2 is 2.10 bits per heavy atom. The monoisotopic (exact) mass is 284 g/mol. The Hall–Kier alpha value is -1.35. The maximum atomic E-state index is 12.9. The third-order valence-corrected chi connectivity index (χ3v) is 5.62. The summed E-state index contributed by atoms with van der Waals surface area (Å²) in [6.07, 6.45) is 3.36. The standard InChI is InChI=1S/C18H24N2O/c1-11-8-13(19)10-20(9-11)18(21)17-15-7-6-12-4-2-3-5-14(12)16(15)17/h2-5,11,13,15-17H,6-10,19H2,1H3. The van der Waals surface area contributed by atoms with E-state index in [1.54, 1.807) is 0 Å². The minimum atomic E-state index is 0.158. The number of nitrogens with zero attached hydrogens (tertiary/aromatic N) is 1. The quantitative estimate of drug-likeness (QED) is 0.859. The van der Waals surface area contributed by atoms with E-state index in [2.05, 4.69) is 31.2 Å². The van der Waals surface area contributed by atoms with Crippen LogP contribution in [0.25, 0.3) is 0 Å². The third-order valence-electron chi connectivity index (χ3n) is 5.62. The first-order valence-corrected chi connectivity index (χ1v) is 8.27. The van der Waals surface area contributed by atoms with Gasteiger partial charge in [-0.1, -0.05) is 31.2 Å². The molecule has 1 aromatic carbocycles. The predicted octanol–water partition coefficient (Wildman–Crippen LogP) is 2.16. The molecule has 0 bridgehead atoms. The molecule has 1 saturated carbocycles. The van der Waals surface area contributed by atoms with Crippen molar-refractivity contribution in [3.63, 3.8) is 0 Å². The number of likely N-dealkylation sites (tertiary alicyclic amines) is 1. The van der Waals surface area contributed by atoms with Crippen LogP contribution in [0.2, 0.25) is 0 Å². The van der Waals surface area contributed by atoms with Gasteiger partial charge in [-0.2, -0.15) is 0 Å². The van der Waals surface area contributed by atoms with Gasteiger partial charge in [0.15, 0.2) is 0 Å². The molecule has 5 unspecified atom stereocenters. The summed E-state index contributed by atoms with van der Waals surface area (Å²) in [7, 11) is 0. The molecule has 1 saturated heterocycles. The van der Waals surface area contributed by atoms with Gasteiger partial charge >= 0.3 is 0 Å². The van der Waals surface area contributed by atoms with E-state index >= 15 is 0 Å². The van der Waals surface area contributed by atoms with Crippen molar-refractivity contribution in [1.82, 2.24) is 4.90 Å². The molecule has 21 heavy (non-hydrogen) atoms. The van der Waals surface area contributed by atoms with E-state index in [0.29, 0.717) is 23.7 Å². The zero-order valence-electron chi connectivity index (χ0n) is 12.7. The van der Waals surface area contributed by atoms with Crippen LogP contribution in [0.15, 0.2) is 24.3 Å². The van der Waals surface area contributed by atoms with Crippen LogP contribution in [0.5, 0.6) is 0 Å². The van der Waals surface area contributed by atoms with Crippen LogP contribution in [0, 0.1) is 17.8 Å². The minimum absolute atomic E-state index is 0.158. The summed E-state index contributed by atoms with van der Waals surface area (Å²) in [4.78, 5) is 14.9. The highest BCUT2D eigenvalue weighted by Crippen LogP contribution is 2.60. The van der Waals surface area contributed by atoms with Crippen molar-refractivity contribution in [2.75, 3.05) is 13.1 Å². The van der Waals surface area contributed by atoms with Crippen LogP contribution in [0.4, 0.5) is 0 Å². The maximum Gasteiger partial charge on any atom is 0.226 e. The summed E-state index contributed by atoms with van der Waals surface area (Å²) in [6, 6.07) is 8.84. The first kappa shape index (κ1) is 13.3. The normalized spacial score (nSPS) is 37.6. The lowest BCUT2D eigenvalue weighted by molar-refractivity contribution is -0.135. The van der Waals surface area contributed by atoms with E-state index in [9.17, 15) is 4.79 Å². The number of aryl methyl sites for hydroxylation is 1.